The van der Waals surface area contributed by atoms with E-state index in [2.05, 4.69) is 0 Å². The molecule has 0 unspecified atom stereocenters. The standard InChI is InChI=1S/C17H17Cl2NO2/c1-2-14(21)13-8-10(17(18)19)6-7-12(13)16-11(9-20)4-3-5-15(16)22/h3-8,17,22H,2,9,20H2,1H3. The van der Waals surface area contributed by atoms with Crippen molar-refractivity contribution in [3.05, 3.63) is 53.1 Å². The van der Waals surface area contributed by atoms with Gasteiger partial charge in [-0.15, -0.1) is 23.2 Å². The Morgan fingerprint density at radius 1 is 1.27 bits per heavy atom. The number of benzene rings is 2. The summed E-state index contributed by atoms with van der Waals surface area (Å²) < 4.78 is 0. The molecule has 0 aliphatic rings. The molecular formula is C17H17Cl2NO2. The predicted octanol–water partition coefficient (Wildman–Crippen LogP) is 4.59. The first kappa shape index (κ1) is 16.8. The summed E-state index contributed by atoms with van der Waals surface area (Å²) in [5.74, 6) is 0.0474. The number of rotatable bonds is 5. The van der Waals surface area contributed by atoms with Crippen LogP contribution in [0.2, 0.25) is 0 Å². The third-order valence-electron chi connectivity index (χ3n) is 3.54. The SMILES string of the molecule is CCC(=O)c1cc(C(Cl)Cl)ccc1-c1c(O)cccc1CN. The van der Waals surface area contributed by atoms with Gasteiger partial charge in [0.2, 0.25) is 0 Å². The van der Waals surface area contributed by atoms with Crippen LogP contribution in [-0.4, -0.2) is 10.9 Å². The maximum atomic E-state index is 12.3. The van der Waals surface area contributed by atoms with E-state index in [1.54, 1.807) is 37.3 Å². The monoisotopic (exact) mass is 337 g/mol. The van der Waals surface area contributed by atoms with E-state index in [0.29, 0.717) is 28.7 Å². The second-order valence-corrected chi connectivity index (χ2v) is 5.99. The minimum Gasteiger partial charge on any atom is -0.507 e. The predicted molar refractivity (Wildman–Crippen MR) is 90.5 cm³/mol. The number of carbonyl (C=O) groups excluding carboxylic acids is 1. The van der Waals surface area contributed by atoms with E-state index in [4.69, 9.17) is 28.9 Å². The van der Waals surface area contributed by atoms with Crippen molar-refractivity contribution in [2.24, 2.45) is 5.73 Å². The number of nitrogens with two attached hydrogens (primary N) is 1. The molecule has 0 bridgehead atoms. The number of alkyl halides is 2. The first-order valence-electron chi connectivity index (χ1n) is 6.96. The number of carbonyl (C=O) groups is 1. The van der Waals surface area contributed by atoms with Crippen molar-refractivity contribution >= 4 is 29.0 Å². The van der Waals surface area contributed by atoms with Crippen LogP contribution in [0, 0.1) is 0 Å². The molecule has 0 saturated heterocycles. The minimum atomic E-state index is -0.712. The summed E-state index contributed by atoms with van der Waals surface area (Å²) >= 11 is 11.8. The number of Topliss-reactive ketones (excluding diaryl/α,β-unsaturated/α-hetero) is 1. The van der Waals surface area contributed by atoms with E-state index < -0.39 is 4.84 Å². The maximum Gasteiger partial charge on any atom is 0.163 e. The molecule has 2 aromatic carbocycles. The molecule has 3 N–H and O–H groups in total. The first-order valence-corrected chi connectivity index (χ1v) is 7.83. The molecule has 0 saturated carbocycles. The highest BCUT2D eigenvalue weighted by atomic mass is 35.5. The molecule has 0 spiro atoms. The van der Waals surface area contributed by atoms with Gasteiger partial charge in [-0.25, -0.2) is 0 Å². The number of phenolic OH excluding ortho intramolecular Hbond substituents is 1. The van der Waals surface area contributed by atoms with Gasteiger partial charge in [0.25, 0.3) is 0 Å². The summed E-state index contributed by atoms with van der Waals surface area (Å²) in [6.45, 7) is 2.05. The van der Waals surface area contributed by atoms with Crippen LogP contribution in [-0.2, 0) is 6.54 Å². The molecule has 22 heavy (non-hydrogen) atoms. The lowest BCUT2D eigenvalue weighted by atomic mass is 9.91. The Morgan fingerprint density at radius 2 is 2.00 bits per heavy atom. The molecule has 0 radical (unpaired) electrons. The van der Waals surface area contributed by atoms with Gasteiger partial charge in [-0.3, -0.25) is 4.79 Å². The lowest BCUT2D eigenvalue weighted by Crippen LogP contribution is -2.05. The molecule has 0 atom stereocenters. The summed E-state index contributed by atoms with van der Waals surface area (Å²) in [6.07, 6.45) is 0.344. The summed E-state index contributed by atoms with van der Waals surface area (Å²) in [6, 6.07) is 10.3. The van der Waals surface area contributed by atoms with Crippen LogP contribution in [0.4, 0.5) is 0 Å². The highest BCUT2D eigenvalue weighted by Gasteiger charge is 2.18. The smallest absolute Gasteiger partial charge is 0.163 e. The summed E-state index contributed by atoms with van der Waals surface area (Å²) in [4.78, 5) is 11.6. The molecule has 0 heterocycles. The van der Waals surface area contributed by atoms with E-state index in [9.17, 15) is 9.90 Å². The Bertz CT molecular complexity index is 699. The molecule has 0 fully saturated rings. The van der Waals surface area contributed by atoms with Gasteiger partial charge >= 0.3 is 0 Å². The number of hydrogen-bond donors (Lipinski definition) is 2. The summed E-state index contributed by atoms with van der Waals surface area (Å²) in [5, 5.41) is 10.2. The Labute approximate surface area is 139 Å². The van der Waals surface area contributed by atoms with Crippen molar-refractivity contribution in [3.63, 3.8) is 0 Å². The molecule has 116 valence electrons. The van der Waals surface area contributed by atoms with Gasteiger partial charge in [-0.2, -0.15) is 0 Å². The number of halogens is 2. The van der Waals surface area contributed by atoms with Crippen molar-refractivity contribution < 1.29 is 9.90 Å². The number of hydrogen-bond acceptors (Lipinski definition) is 3. The lowest BCUT2D eigenvalue weighted by Gasteiger charge is -2.15. The summed E-state index contributed by atoms with van der Waals surface area (Å²) in [7, 11) is 0. The van der Waals surface area contributed by atoms with E-state index in [0.717, 1.165) is 5.56 Å². The zero-order valence-electron chi connectivity index (χ0n) is 12.1. The van der Waals surface area contributed by atoms with Crippen molar-refractivity contribution in [2.75, 3.05) is 0 Å². The maximum absolute atomic E-state index is 12.3. The van der Waals surface area contributed by atoms with Crippen molar-refractivity contribution in [1.82, 2.24) is 0 Å². The van der Waals surface area contributed by atoms with Crippen molar-refractivity contribution in [3.8, 4) is 16.9 Å². The van der Waals surface area contributed by atoms with Gasteiger partial charge in [0.05, 0.1) is 0 Å². The van der Waals surface area contributed by atoms with Crippen LogP contribution in [0.5, 0.6) is 5.75 Å². The fourth-order valence-corrected chi connectivity index (χ4v) is 2.68. The van der Waals surface area contributed by atoms with Gasteiger partial charge < -0.3 is 10.8 Å². The quantitative estimate of drug-likeness (QED) is 0.619. The zero-order chi connectivity index (χ0) is 16.3. The molecule has 2 rings (SSSR count). The number of phenols is 1. The van der Waals surface area contributed by atoms with E-state index >= 15 is 0 Å². The van der Waals surface area contributed by atoms with Crippen molar-refractivity contribution in [2.45, 2.75) is 24.7 Å². The minimum absolute atomic E-state index is 0.0444. The molecular weight excluding hydrogens is 321 g/mol. The molecule has 5 heteroatoms. The Morgan fingerprint density at radius 3 is 2.59 bits per heavy atom. The van der Waals surface area contributed by atoms with Gasteiger partial charge in [0, 0.05) is 24.1 Å². The van der Waals surface area contributed by atoms with Crippen LogP contribution in [0.3, 0.4) is 0 Å². The van der Waals surface area contributed by atoms with Crippen molar-refractivity contribution in [1.29, 1.82) is 0 Å². The zero-order valence-corrected chi connectivity index (χ0v) is 13.7. The second kappa shape index (κ2) is 7.14. The molecule has 0 aromatic heterocycles. The third-order valence-corrected chi connectivity index (χ3v) is 4.04. The van der Waals surface area contributed by atoms with Crippen LogP contribution >= 0.6 is 23.2 Å². The van der Waals surface area contributed by atoms with Gasteiger partial charge in [-0.05, 0) is 28.8 Å². The van der Waals surface area contributed by atoms with Crippen LogP contribution < -0.4 is 5.73 Å². The average Bonchev–Trinajstić information content (AvgIpc) is 2.53. The van der Waals surface area contributed by atoms with Gasteiger partial charge in [-0.1, -0.05) is 31.2 Å². The van der Waals surface area contributed by atoms with Crippen LogP contribution in [0.25, 0.3) is 11.1 Å². The highest BCUT2D eigenvalue weighted by Crippen LogP contribution is 2.37. The summed E-state index contributed by atoms with van der Waals surface area (Å²) in [5.41, 5.74) is 8.88. The lowest BCUT2D eigenvalue weighted by molar-refractivity contribution is 0.0988. The van der Waals surface area contributed by atoms with Crippen LogP contribution in [0.1, 0.15) is 39.7 Å². The van der Waals surface area contributed by atoms with Gasteiger partial charge in [0.1, 0.15) is 10.6 Å². The highest BCUT2D eigenvalue weighted by molar-refractivity contribution is 6.44. The topological polar surface area (TPSA) is 63.3 Å². The first-order chi connectivity index (χ1) is 10.5. The molecule has 3 nitrogen and oxygen atoms in total. The molecule has 0 aliphatic heterocycles. The normalized spacial score (nSPS) is 11.0. The Balaban J connectivity index is 2.73. The number of aromatic hydroxyl groups is 1. The fraction of sp³-hybridized carbons (Fsp3) is 0.235. The van der Waals surface area contributed by atoms with E-state index in [-0.39, 0.29) is 18.1 Å². The molecule has 0 aliphatic carbocycles. The van der Waals surface area contributed by atoms with E-state index in [1.165, 1.54) is 0 Å². The second-order valence-electron chi connectivity index (χ2n) is 4.90. The third kappa shape index (κ3) is 3.27. The number of ketones is 1. The Kier molecular flexibility index (Phi) is 5.46. The molecule has 0 amide bonds. The van der Waals surface area contributed by atoms with E-state index in [1.807, 2.05) is 6.07 Å². The molecule has 2 aromatic rings. The average molecular weight is 338 g/mol. The Hall–Kier alpha value is -1.55. The fourth-order valence-electron chi connectivity index (χ4n) is 2.40. The van der Waals surface area contributed by atoms with Gasteiger partial charge in [0.15, 0.2) is 5.78 Å². The largest absolute Gasteiger partial charge is 0.507 e. The van der Waals surface area contributed by atoms with Crippen LogP contribution in [0.15, 0.2) is 36.4 Å².